The van der Waals surface area contributed by atoms with E-state index in [0.29, 0.717) is 49.4 Å². The van der Waals surface area contributed by atoms with Gasteiger partial charge in [0, 0.05) is 31.9 Å². The number of aromatic nitrogens is 3. The van der Waals surface area contributed by atoms with E-state index in [4.69, 9.17) is 16.3 Å². The zero-order valence-electron chi connectivity index (χ0n) is 21.0. The highest BCUT2D eigenvalue weighted by Crippen LogP contribution is 2.34. The molecule has 0 unspecified atom stereocenters. The maximum absolute atomic E-state index is 13.7. The number of unbranched alkanes of at least 4 members (excludes halogenated alkanes) is 1. The molecule has 0 radical (unpaired) electrons. The monoisotopic (exact) mass is 553 g/mol. The van der Waals surface area contributed by atoms with Crippen LogP contribution in [0.1, 0.15) is 19.8 Å². The standard InChI is InChI=1S/C27H28ClN5O4S/c1-2-3-17-37-27(34)32-15-13-31(14-16-32)21-11-9-20(10-12-21)24-18-23-25(28)29-19-30-26(23)33(24)38(35,36)22-7-5-4-6-8-22/h4-12,18-19H,2-3,13-17H2,1H3. The van der Waals surface area contributed by atoms with Gasteiger partial charge in [0.15, 0.2) is 5.65 Å². The summed E-state index contributed by atoms with van der Waals surface area (Å²) in [6.07, 6.45) is 2.84. The summed E-state index contributed by atoms with van der Waals surface area (Å²) in [5.41, 5.74) is 2.34. The number of piperazine rings is 1. The van der Waals surface area contributed by atoms with Crippen molar-refractivity contribution in [3.8, 4) is 11.3 Å². The first kappa shape index (κ1) is 26.0. The smallest absolute Gasteiger partial charge is 0.409 e. The summed E-state index contributed by atoms with van der Waals surface area (Å²) >= 11 is 6.32. The highest BCUT2D eigenvalue weighted by Gasteiger charge is 2.26. The van der Waals surface area contributed by atoms with Crippen LogP contribution in [0.2, 0.25) is 5.15 Å². The number of halogens is 1. The Hall–Kier alpha value is -3.63. The van der Waals surface area contributed by atoms with E-state index in [1.807, 2.05) is 24.3 Å². The summed E-state index contributed by atoms with van der Waals surface area (Å²) in [5.74, 6) is 0. The Bertz CT molecular complexity index is 1530. The fraction of sp³-hybridized carbons (Fsp3) is 0.296. The zero-order chi connectivity index (χ0) is 26.7. The molecule has 9 nitrogen and oxygen atoms in total. The lowest BCUT2D eigenvalue weighted by molar-refractivity contribution is 0.0989. The van der Waals surface area contributed by atoms with Crippen LogP contribution < -0.4 is 4.90 Å². The number of benzene rings is 2. The van der Waals surface area contributed by atoms with E-state index in [0.717, 1.165) is 18.5 Å². The molecule has 5 rings (SSSR count). The van der Waals surface area contributed by atoms with Crippen molar-refractivity contribution in [3.63, 3.8) is 0 Å². The van der Waals surface area contributed by atoms with Gasteiger partial charge in [-0.25, -0.2) is 27.2 Å². The number of hydrogen-bond acceptors (Lipinski definition) is 7. The number of anilines is 1. The van der Waals surface area contributed by atoms with Crippen LogP contribution in [-0.4, -0.2) is 66.1 Å². The molecular formula is C27H28ClN5O4S. The van der Waals surface area contributed by atoms with E-state index in [-0.39, 0.29) is 21.8 Å². The summed E-state index contributed by atoms with van der Waals surface area (Å²) < 4.78 is 34.0. The maximum atomic E-state index is 13.7. The van der Waals surface area contributed by atoms with Crippen molar-refractivity contribution in [2.24, 2.45) is 0 Å². The third-order valence-electron chi connectivity index (χ3n) is 6.58. The summed E-state index contributed by atoms with van der Waals surface area (Å²) in [6, 6.07) is 17.6. The Labute approximate surface area is 226 Å². The number of hydrogen-bond donors (Lipinski definition) is 0. The van der Waals surface area contributed by atoms with Crippen molar-refractivity contribution in [2.75, 3.05) is 37.7 Å². The van der Waals surface area contributed by atoms with Crippen LogP contribution in [0.5, 0.6) is 0 Å². The number of rotatable bonds is 7. The fourth-order valence-electron chi connectivity index (χ4n) is 4.49. The summed E-state index contributed by atoms with van der Waals surface area (Å²) in [7, 11) is -3.96. The second kappa shape index (κ2) is 11.0. The zero-order valence-corrected chi connectivity index (χ0v) is 22.5. The van der Waals surface area contributed by atoms with Gasteiger partial charge in [0.05, 0.1) is 22.6 Å². The molecule has 0 saturated carbocycles. The van der Waals surface area contributed by atoms with Crippen molar-refractivity contribution < 1.29 is 17.9 Å². The molecule has 3 heterocycles. The van der Waals surface area contributed by atoms with Gasteiger partial charge in [-0.15, -0.1) is 0 Å². The third-order valence-corrected chi connectivity index (χ3v) is 8.60. The van der Waals surface area contributed by atoms with E-state index < -0.39 is 10.0 Å². The second-order valence-electron chi connectivity index (χ2n) is 9.00. The van der Waals surface area contributed by atoms with Crippen LogP contribution in [0.25, 0.3) is 22.3 Å². The van der Waals surface area contributed by atoms with Gasteiger partial charge in [0.2, 0.25) is 0 Å². The van der Waals surface area contributed by atoms with E-state index in [1.54, 1.807) is 41.3 Å². The minimum absolute atomic E-state index is 0.149. The molecule has 38 heavy (non-hydrogen) atoms. The lowest BCUT2D eigenvalue weighted by atomic mass is 10.1. The fourth-order valence-corrected chi connectivity index (χ4v) is 6.17. The highest BCUT2D eigenvalue weighted by molar-refractivity contribution is 7.90. The molecule has 1 saturated heterocycles. The van der Waals surface area contributed by atoms with E-state index in [2.05, 4.69) is 21.8 Å². The third kappa shape index (κ3) is 5.06. The van der Waals surface area contributed by atoms with Gasteiger partial charge < -0.3 is 14.5 Å². The molecule has 0 atom stereocenters. The van der Waals surface area contributed by atoms with Crippen LogP contribution in [-0.2, 0) is 14.8 Å². The molecule has 4 aromatic rings. The van der Waals surface area contributed by atoms with E-state index in [9.17, 15) is 13.2 Å². The van der Waals surface area contributed by atoms with E-state index >= 15 is 0 Å². The van der Waals surface area contributed by atoms with Crippen LogP contribution in [0.3, 0.4) is 0 Å². The van der Waals surface area contributed by atoms with Crippen molar-refractivity contribution in [2.45, 2.75) is 24.7 Å². The number of carbonyl (C=O) groups is 1. The minimum atomic E-state index is -3.96. The van der Waals surface area contributed by atoms with Gasteiger partial charge in [-0.2, -0.15) is 0 Å². The molecule has 1 fully saturated rings. The molecule has 2 aromatic heterocycles. The second-order valence-corrected chi connectivity index (χ2v) is 11.1. The molecule has 1 amide bonds. The number of nitrogens with zero attached hydrogens (tertiary/aromatic N) is 5. The van der Waals surface area contributed by atoms with Gasteiger partial charge in [-0.3, -0.25) is 0 Å². The topological polar surface area (TPSA) is 97.6 Å². The van der Waals surface area contributed by atoms with Crippen molar-refractivity contribution in [3.05, 3.63) is 72.1 Å². The lowest BCUT2D eigenvalue weighted by Gasteiger charge is -2.35. The molecule has 198 valence electrons. The first-order chi connectivity index (χ1) is 18.4. The predicted molar refractivity (Wildman–Crippen MR) is 147 cm³/mol. The molecule has 1 aliphatic heterocycles. The molecule has 2 aromatic carbocycles. The molecule has 0 bridgehead atoms. The number of carbonyl (C=O) groups excluding carboxylic acids is 1. The van der Waals surface area contributed by atoms with E-state index in [1.165, 1.54) is 10.3 Å². The average Bonchev–Trinajstić information content (AvgIpc) is 3.36. The molecule has 11 heteroatoms. The number of amides is 1. The van der Waals surface area contributed by atoms with Gasteiger partial charge in [-0.1, -0.05) is 55.3 Å². The molecule has 0 N–H and O–H groups in total. The summed E-state index contributed by atoms with van der Waals surface area (Å²) in [5, 5.41) is 0.635. The first-order valence-electron chi connectivity index (χ1n) is 12.5. The normalized spacial score (nSPS) is 14.2. The SMILES string of the molecule is CCCCOC(=O)N1CCN(c2ccc(-c3cc4c(Cl)ncnc4n3S(=O)(=O)c3ccccc3)cc2)CC1. The van der Waals surface area contributed by atoms with Crippen LogP contribution in [0.15, 0.2) is 71.9 Å². The average molecular weight is 554 g/mol. The Morgan fingerprint density at radius 1 is 1.00 bits per heavy atom. The van der Waals surface area contributed by atoms with Gasteiger partial charge in [-0.05, 0) is 42.3 Å². The highest BCUT2D eigenvalue weighted by atomic mass is 35.5. The van der Waals surface area contributed by atoms with Crippen molar-refractivity contribution >= 4 is 44.4 Å². The van der Waals surface area contributed by atoms with Crippen LogP contribution in [0.4, 0.5) is 10.5 Å². The predicted octanol–water partition coefficient (Wildman–Crippen LogP) is 5.05. The Balaban J connectivity index is 1.41. The number of ether oxygens (including phenoxy) is 1. The number of fused-ring (bicyclic) bond motifs is 1. The van der Waals surface area contributed by atoms with Gasteiger partial charge in [0.1, 0.15) is 11.5 Å². The molecule has 0 spiro atoms. The maximum Gasteiger partial charge on any atom is 0.409 e. The summed E-state index contributed by atoms with van der Waals surface area (Å²) in [4.78, 5) is 24.6. The molecular weight excluding hydrogens is 526 g/mol. The summed E-state index contributed by atoms with van der Waals surface area (Å²) in [6.45, 7) is 5.01. The molecule has 1 aliphatic rings. The first-order valence-corrected chi connectivity index (χ1v) is 14.3. The quantitative estimate of drug-likeness (QED) is 0.233. The van der Waals surface area contributed by atoms with Gasteiger partial charge in [0.25, 0.3) is 10.0 Å². The largest absolute Gasteiger partial charge is 0.449 e. The molecule has 0 aliphatic carbocycles. The Morgan fingerprint density at radius 3 is 2.39 bits per heavy atom. The van der Waals surface area contributed by atoms with Crippen LogP contribution >= 0.6 is 11.6 Å². The van der Waals surface area contributed by atoms with Crippen molar-refractivity contribution in [1.82, 2.24) is 18.8 Å². The van der Waals surface area contributed by atoms with Gasteiger partial charge >= 0.3 is 6.09 Å². The lowest BCUT2D eigenvalue weighted by Crippen LogP contribution is -2.49. The Morgan fingerprint density at radius 2 is 1.71 bits per heavy atom. The van der Waals surface area contributed by atoms with Crippen molar-refractivity contribution in [1.29, 1.82) is 0 Å². The van der Waals surface area contributed by atoms with Crippen LogP contribution in [0, 0.1) is 0 Å². The Kier molecular flexibility index (Phi) is 7.53. The minimum Gasteiger partial charge on any atom is -0.449 e.